The highest BCUT2D eigenvalue weighted by Crippen LogP contribution is 2.26. The van der Waals surface area contributed by atoms with Crippen LogP contribution in [0.4, 0.5) is 0 Å². The molecule has 0 saturated heterocycles. The van der Waals surface area contributed by atoms with E-state index in [0.29, 0.717) is 35.5 Å². The van der Waals surface area contributed by atoms with E-state index in [1.54, 1.807) is 0 Å². The molecule has 0 unspecified atom stereocenters. The fourth-order valence-corrected chi connectivity index (χ4v) is 4.64. The largest absolute Gasteiger partial charge is 0.244 e. The standard InChI is InChI=1S/C8H14N2O.2C8H14N2S/c1-5(2)7-8(6(3)4)10-11-9-7;1-5(2)7-8(6(3)4)11-10-9-7;1-5(2)7-8(6(3)4)10-11-9-7/h3*5-6H,1-4H3. The van der Waals surface area contributed by atoms with E-state index in [9.17, 15) is 0 Å². The van der Waals surface area contributed by atoms with Gasteiger partial charge in [0.1, 0.15) is 11.4 Å². The van der Waals surface area contributed by atoms with E-state index >= 15 is 0 Å². The zero-order chi connectivity index (χ0) is 25.3. The Labute approximate surface area is 208 Å². The Hall–Kier alpha value is -1.74. The van der Waals surface area contributed by atoms with E-state index in [-0.39, 0.29) is 0 Å². The van der Waals surface area contributed by atoms with E-state index in [2.05, 4.69) is 116 Å². The van der Waals surface area contributed by atoms with Crippen LogP contribution in [0.2, 0.25) is 0 Å². The van der Waals surface area contributed by atoms with E-state index in [4.69, 9.17) is 0 Å². The smallest absolute Gasteiger partial charge is 0.111 e. The molecule has 3 aromatic heterocycles. The highest BCUT2D eigenvalue weighted by molar-refractivity contribution is 7.05. The Morgan fingerprint density at radius 2 is 0.909 bits per heavy atom. The fraction of sp³-hybridized carbons (Fsp3) is 0.750. The second-order valence-electron chi connectivity index (χ2n) is 10.0. The fourth-order valence-electron chi connectivity index (χ4n) is 3.01. The zero-order valence-electron chi connectivity index (χ0n) is 22.4. The molecule has 0 atom stereocenters. The Morgan fingerprint density at radius 3 is 1.21 bits per heavy atom. The summed E-state index contributed by atoms with van der Waals surface area (Å²) in [4.78, 5) is 1.33. The molecule has 3 rings (SSSR count). The first-order valence-electron chi connectivity index (χ1n) is 11.8. The molecule has 0 aliphatic carbocycles. The van der Waals surface area contributed by atoms with Gasteiger partial charge >= 0.3 is 0 Å². The third kappa shape index (κ3) is 8.85. The minimum atomic E-state index is 0.402. The summed E-state index contributed by atoms with van der Waals surface area (Å²) in [5.74, 6) is 2.88. The summed E-state index contributed by atoms with van der Waals surface area (Å²) in [6, 6.07) is 0. The van der Waals surface area contributed by atoms with Gasteiger partial charge < -0.3 is 0 Å². The normalized spacial score (nSPS) is 11.5. The first-order chi connectivity index (χ1) is 15.4. The van der Waals surface area contributed by atoms with Crippen LogP contribution in [0, 0.1) is 0 Å². The molecule has 0 N–H and O–H groups in total. The van der Waals surface area contributed by atoms with Crippen molar-refractivity contribution in [2.24, 2.45) is 0 Å². The highest BCUT2D eigenvalue weighted by Gasteiger charge is 2.16. The van der Waals surface area contributed by atoms with E-state index < -0.39 is 0 Å². The van der Waals surface area contributed by atoms with E-state index in [1.807, 2.05) is 0 Å². The summed E-state index contributed by atoms with van der Waals surface area (Å²) in [6.07, 6.45) is 0. The third-order valence-corrected chi connectivity index (χ3v) is 6.48. The molecule has 0 aliphatic heterocycles. The van der Waals surface area contributed by atoms with Crippen molar-refractivity contribution in [1.82, 2.24) is 28.6 Å². The van der Waals surface area contributed by atoms with E-state index in [0.717, 1.165) is 11.4 Å². The van der Waals surface area contributed by atoms with Crippen molar-refractivity contribution in [2.75, 3.05) is 0 Å². The summed E-state index contributed by atoms with van der Waals surface area (Å²) in [6.45, 7) is 25.7. The second kappa shape index (κ2) is 13.8. The summed E-state index contributed by atoms with van der Waals surface area (Å²) < 4.78 is 17.2. The zero-order valence-corrected chi connectivity index (χ0v) is 24.0. The summed E-state index contributed by atoms with van der Waals surface area (Å²) >= 11 is 2.85. The lowest BCUT2D eigenvalue weighted by Crippen LogP contribution is -1.96. The molecule has 0 amide bonds. The van der Waals surface area contributed by atoms with Gasteiger partial charge in [0.25, 0.3) is 0 Å². The van der Waals surface area contributed by atoms with Gasteiger partial charge in [0, 0.05) is 11.8 Å². The van der Waals surface area contributed by atoms with Crippen molar-refractivity contribution >= 4 is 23.3 Å². The average molecular weight is 495 g/mol. The molecule has 0 aromatic carbocycles. The van der Waals surface area contributed by atoms with Crippen LogP contribution in [0.3, 0.4) is 0 Å². The summed E-state index contributed by atoms with van der Waals surface area (Å²) in [5.41, 5.74) is 5.49. The minimum Gasteiger partial charge on any atom is -0.244 e. The highest BCUT2D eigenvalue weighted by atomic mass is 32.1. The van der Waals surface area contributed by atoms with Crippen LogP contribution in [0.1, 0.15) is 152 Å². The van der Waals surface area contributed by atoms with Gasteiger partial charge in [-0.3, -0.25) is 0 Å². The molecular weight excluding hydrogens is 452 g/mol. The van der Waals surface area contributed by atoms with Gasteiger partial charge in [0.05, 0.1) is 33.7 Å². The Bertz CT molecular complexity index is 738. The lowest BCUT2D eigenvalue weighted by molar-refractivity contribution is 0.298. The lowest BCUT2D eigenvalue weighted by atomic mass is 10.0. The van der Waals surface area contributed by atoms with Gasteiger partial charge in [-0.05, 0) is 35.2 Å². The van der Waals surface area contributed by atoms with Gasteiger partial charge in [-0.15, -0.1) is 5.10 Å². The summed E-state index contributed by atoms with van der Waals surface area (Å²) in [7, 11) is 0. The van der Waals surface area contributed by atoms with Crippen LogP contribution < -0.4 is 0 Å². The number of nitrogens with zero attached hydrogens (tertiary/aromatic N) is 6. The summed E-state index contributed by atoms with van der Waals surface area (Å²) in [5, 5.41) is 11.8. The second-order valence-corrected chi connectivity index (χ2v) is 11.3. The van der Waals surface area contributed by atoms with Crippen LogP contribution in [-0.2, 0) is 0 Å². The first kappa shape index (κ1) is 29.3. The van der Waals surface area contributed by atoms with Gasteiger partial charge in [-0.2, -0.15) is 8.75 Å². The topological polar surface area (TPSA) is 90.5 Å². The van der Waals surface area contributed by atoms with Gasteiger partial charge in [-0.25, -0.2) is 4.63 Å². The molecule has 3 heterocycles. The van der Waals surface area contributed by atoms with Gasteiger partial charge in [0.15, 0.2) is 0 Å². The van der Waals surface area contributed by atoms with Crippen molar-refractivity contribution < 1.29 is 4.63 Å². The molecule has 0 aliphatic rings. The predicted octanol–water partition coefficient (Wildman–Crippen LogP) is 7.89. The number of hydrogen-bond donors (Lipinski definition) is 0. The van der Waals surface area contributed by atoms with Crippen molar-refractivity contribution in [1.29, 1.82) is 0 Å². The van der Waals surface area contributed by atoms with Gasteiger partial charge in [-0.1, -0.05) is 97.9 Å². The molecule has 0 spiro atoms. The molecule has 9 heteroatoms. The van der Waals surface area contributed by atoms with Crippen molar-refractivity contribution in [3.63, 3.8) is 0 Å². The number of aromatic nitrogens is 6. The van der Waals surface area contributed by atoms with Crippen molar-refractivity contribution in [3.8, 4) is 0 Å². The predicted molar refractivity (Wildman–Crippen MR) is 139 cm³/mol. The van der Waals surface area contributed by atoms with E-state index in [1.165, 1.54) is 45.2 Å². The van der Waals surface area contributed by atoms with Crippen LogP contribution in [-0.4, -0.2) is 28.6 Å². The molecule has 3 aromatic rings. The molecule has 0 radical (unpaired) electrons. The molecular formula is C24H42N6OS2. The SMILES string of the molecule is CC(C)c1nnsc1C(C)C.CC(C)c1nonc1C(C)C.CC(C)c1nsnc1C(C)C. The van der Waals surface area contributed by atoms with Crippen molar-refractivity contribution in [3.05, 3.63) is 33.3 Å². The maximum Gasteiger partial charge on any atom is 0.111 e. The monoisotopic (exact) mass is 494 g/mol. The third-order valence-electron chi connectivity index (χ3n) is 4.88. The molecule has 33 heavy (non-hydrogen) atoms. The molecule has 0 bridgehead atoms. The van der Waals surface area contributed by atoms with Gasteiger partial charge in [0.2, 0.25) is 0 Å². The van der Waals surface area contributed by atoms with Crippen LogP contribution >= 0.6 is 23.3 Å². The van der Waals surface area contributed by atoms with Crippen LogP contribution in [0.25, 0.3) is 0 Å². The Kier molecular flexibility index (Phi) is 12.3. The quantitative estimate of drug-likeness (QED) is 0.344. The lowest BCUT2D eigenvalue weighted by Gasteiger charge is -2.05. The molecule has 186 valence electrons. The Balaban J connectivity index is 0.000000247. The number of rotatable bonds is 6. The molecule has 7 nitrogen and oxygen atoms in total. The average Bonchev–Trinajstić information content (AvgIpc) is 3.48. The van der Waals surface area contributed by atoms with Crippen molar-refractivity contribution in [2.45, 2.75) is 119 Å². The Morgan fingerprint density at radius 1 is 0.515 bits per heavy atom. The molecule has 0 fully saturated rings. The first-order valence-corrected chi connectivity index (χ1v) is 13.3. The van der Waals surface area contributed by atoms with Crippen LogP contribution in [0.15, 0.2) is 4.63 Å². The van der Waals surface area contributed by atoms with Crippen LogP contribution in [0.5, 0.6) is 0 Å². The number of hydrogen-bond acceptors (Lipinski definition) is 9. The maximum absolute atomic E-state index is 4.67. The minimum absolute atomic E-state index is 0.402. The molecule has 0 saturated carbocycles. The maximum atomic E-state index is 4.67.